The Bertz CT molecular complexity index is 4590. The molecule has 0 saturated heterocycles. The van der Waals surface area contributed by atoms with Crippen LogP contribution in [-0.4, -0.2) is 19.1 Å². The second kappa shape index (κ2) is 16.1. The first-order chi connectivity index (χ1) is 37.7. The topological polar surface area (TPSA) is 42.1 Å². The van der Waals surface area contributed by atoms with Gasteiger partial charge in [0.1, 0.15) is 11.0 Å². The fourth-order valence-corrected chi connectivity index (χ4v) is 14.5. The summed E-state index contributed by atoms with van der Waals surface area (Å²) in [6, 6.07) is 88.4. The monoisotopic (exact) mass is 1000 g/mol. The van der Waals surface area contributed by atoms with E-state index in [1.807, 2.05) is 23.5 Å². The lowest BCUT2D eigenvalue weighted by Crippen LogP contribution is -2.14. The zero-order valence-corrected chi connectivity index (χ0v) is 42.2. The van der Waals surface area contributed by atoms with Crippen LogP contribution in [-0.2, 0) is 0 Å². The molecule has 0 saturated carbocycles. The van der Waals surface area contributed by atoms with Crippen molar-refractivity contribution < 1.29 is 0 Å². The SMILES string of the molecule is c1ccc2c(c1)Sc1ccccc1N2c1ccc2c(c1)c1ccccc1n2-c1ccc(-n2c3ccccc3c3cc(N4c5ccccc5Sc5ccccc54)ccc32)c2nc3c4ccccc4c4ccccc4c3nc12. The Balaban J connectivity index is 0.941. The number of aromatic nitrogens is 4. The average Bonchev–Trinajstić information content (AvgIpc) is 4.03. The van der Waals surface area contributed by atoms with Crippen molar-refractivity contribution in [2.75, 3.05) is 9.80 Å². The molecular weight excluding hydrogens is 965 g/mol. The van der Waals surface area contributed by atoms with E-state index in [1.165, 1.54) is 63.9 Å². The van der Waals surface area contributed by atoms with Crippen LogP contribution in [0.15, 0.2) is 262 Å². The first-order valence-corrected chi connectivity index (χ1v) is 27.3. The third kappa shape index (κ3) is 5.96. The molecule has 0 radical (unpaired) electrons. The molecule has 0 aliphatic carbocycles. The number of benzene rings is 12. The van der Waals surface area contributed by atoms with Crippen LogP contribution >= 0.6 is 23.5 Å². The van der Waals surface area contributed by atoms with Gasteiger partial charge in [0.25, 0.3) is 0 Å². The predicted molar refractivity (Wildman–Crippen MR) is 318 cm³/mol. The molecule has 2 aliphatic heterocycles. The number of anilines is 6. The van der Waals surface area contributed by atoms with Crippen molar-refractivity contribution in [3.05, 3.63) is 243 Å². The molecule has 0 unspecified atom stereocenters. The van der Waals surface area contributed by atoms with Crippen LogP contribution in [0.3, 0.4) is 0 Å². The second-order valence-electron chi connectivity index (χ2n) is 19.7. The zero-order chi connectivity index (χ0) is 49.6. The quantitative estimate of drug-likeness (QED) is 0.129. The summed E-state index contributed by atoms with van der Waals surface area (Å²) in [5.41, 5.74) is 16.7. The Labute approximate surface area is 444 Å². The van der Waals surface area contributed by atoms with Gasteiger partial charge in [0.2, 0.25) is 0 Å². The van der Waals surface area contributed by atoms with Gasteiger partial charge in [-0.3, -0.25) is 0 Å². The smallest absolute Gasteiger partial charge is 0.116 e. The molecule has 0 atom stereocenters. The maximum atomic E-state index is 5.90. The molecule has 12 aromatic carbocycles. The highest BCUT2D eigenvalue weighted by Crippen LogP contribution is 2.54. The van der Waals surface area contributed by atoms with Gasteiger partial charge in [-0.05, 0) is 120 Å². The summed E-state index contributed by atoms with van der Waals surface area (Å²) in [6.07, 6.45) is 0. The molecular formula is C68H40N6S2. The molecule has 2 aliphatic rings. The number of hydrogen-bond donors (Lipinski definition) is 0. The Morgan fingerprint density at radius 3 is 0.947 bits per heavy atom. The van der Waals surface area contributed by atoms with E-state index < -0.39 is 0 Å². The van der Waals surface area contributed by atoms with Gasteiger partial charge in [-0.1, -0.05) is 157 Å². The van der Waals surface area contributed by atoms with Crippen molar-refractivity contribution in [2.45, 2.75) is 19.6 Å². The third-order valence-corrected chi connectivity index (χ3v) is 17.9. The summed E-state index contributed by atoms with van der Waals surface area (Å²) in [4.78, 5) is 21.6. The summed E-state index contributed by atoms with van der Waals surface area (Å²) >= 11 is 3.66. The summed E-state index contributed by atoms with van der Waals surface area (Å²) in [7, 11) is 0. The summed E-state index contributed by atoms with van der Waals surface area (Å²) < 4.78 is 4.84. The maximum absolute atomic E-state index is 5.90. The Kier molecular flexibility index (Phi) is 8.90. The minimum atomic E-state index is 0.828. The molecule has 0 spiro atoms. The molecule has 3 aromatic heterocycles. The van der Waals surface area contributed by atoms with Crippen LogP contribution in [0.2, 0.25) is 0 Å². The largest absolute Gasteiger partial charge is 0.308 e. The molecule has 8 heteroatoms. The molecule has 354 valence electrons. The summed E-state index contributed by atoms with van der Waals surface area (Å²) in [5.74, 6) is 0. The summed E-state index contributed by atoms with van der Waals surface area (Å²) in [6.45, 7) is 0. The molecule has 0 bridgehead atoms. The highest BCUT2D eigenvalue weighted by atomic mass is 32.2. The van der Waals surface area contributed by atoms with E-state index in [4.69, 9.17) is 9.97 Å². The normalized spacial score (nSPS) is 13.1. The number of rotatable bonds is 4. The average molecular weight is 1010 g/mol. The maximum Gasteiger partial charge on any atom is 0.116 e. The predicted octanol–water partition coefficient (Wildman–Crippen LogP) is 19.2. The first-order valence-electron chi connectivity index (χ1n) is 25.6. The third-order valence-electron chi connectivity index (χ3n) is 15.6. The van der Waals surface area contributed by atoms with Crippen molar-refractivity contribution in [3.8, 4) is 11.4 Å². The number of nitrogens with zero attached hydrogens (tertiary/aromatic N) is 6. The minimum Gasteiger partial charge on any atom is -0.308 e. The molecule has 15 aromatic rings. The van der Waals surface area contributed by atoms with E-state index >= 15 is 0 Å². The van der Waals surface area contributed by atoms with Gasteiger partial charge >= 0.3 is 0 Å². The Morgan fingerprint density at radius 2 is 0.553 bits per heavy atom. The lowest BCUT2D eigenvalue weighted by atomic mass is 9.99. The lowest BCUT2D eigenvalue weighted by molar-refractivity contribution is 1.14. The van der Waals surface area contributed by atoms with Crippen LogP contribution in [0.1, 0.15) is 0 Å². The van der Waals surface area contributed by atoms with Crippen molar-refractivity contribution in [2.24, 2.45) is 0 Å². The highest BCUT2D eigenvalue weighted by molar-refractivity contribution is 8.00. The van der Waals surface area contributed by atoms with Gasteiger partial charge in [0.15, 0.2) is 0 Å². The molecule has 17 rings (SSSR count). The minimum absolute atomic E-state index is 0.828. The van der Waals surface area contributed by atoms with Gasteiger partial charge in [-0.25, -0.2) is 9.97 Å². The molecule has 0 amide bonds. The van der Waals surface area contributed by atoms with Crippen molar-refractivity contribution in [1.29, 1.82) is 0 Å². The fourth-order valence-electron chi connectivity index (χ4n) is 12.4. The number of hydrogen-bond acceptors (Lipinski definition) is 6. The molecule has 0 N–H and O–H groups in total. The van der Waals surface area contributed by atoms with Crippen molar-refractivity contribution in [1.82, 2.24) is 19.1 Å². The second-order valence-corrected chi connectivity index (χ2v) is 21.8. The Morgan fingerprint density at radius 1 is 0.237 bits per heavy atom. The first kappa shape index (κ1) is 42.1. The standard InChI is InChI=1S/C68H40N6S2/c1-3-21-47-43(17-1)44-18-2-4-22-48(44)66-65(47)69-67-59(73-51-23-7-5-19-45(51)49-39-41(33-35-53(49)73)71-55-25-9-13-29-61(55)75-62-30-14-10-26-56(62)71)37-38-60(68(67)70-66)74-52-24-8-6-20-46(52)50-40-42(34-36-54(50)74)72-57-27-11-15-31-63(57)76-64-32-16-12-28-58(64)72/h1-40H. The van der Waals surface area contributed by atoms with E-state index in [0.717, 1.165) is 88.4 Å². The van der Waals surface area contributed by atoms with Crippen LogP contribution in [0.25, 0.3) is 98.6 Å². The fraction of sp³-hybridized carbons (Fsp3) is 0. The van der Waals surface area contributed by atoms with Crippen molar-refractivity contribution in [3.63, 3.8) is 0 Å². The van der Waals surface area contributed by atoms with Gasteiger partial charge < -0.3 is 18.9 Å². The van der Waals surface area contributed by atoms with Gasteiger partial charge in [-0.2, -0.15) is 0 Å². The van der Waals surface area contributed by atoms with Gasteiger partial charge in [0, 0.05) is 63.3 Å². The number of para-hydroxylation sites is 6. The van der Waals surface area contributed by atoms with Crippen LogP contribution in [0.4, 0.5) is 34.1 Å². The lowest BCUT2D eigenvalue weighted by Gasteiger charge is -2.32. The van der Waals surface area contributed by atoms with Crippen LogP contribution < -0.4 is 9.80 Å². The van der Waals surface area contributed by atoms with E-state index in [2.05, 4.69) is 262 Å². The van der Waals surface area contributed by atoms with Crippen LogP contribution in [0.5, 0.6) is 0 Å². The molecule has 5 heterocycles. The van der Waals surface area contributed by atoms with Crippen LogP contribution in [0, 0.1) is 0 Å². The summed E-state index contributed by atoms with van der Waals surface area (Å²) in [5, 5.41) is 9.16. The highest BCUT2D eigenvalue weighted by Gasteiger charge is 2.29. The van der Waals surface area contributed by atoms with E-state index in [-0.39, 0.29) is 0 Å². The Hall–Kier alpha value is -9.34. The van der Waals surface area contributed by atoms with Gasteiger partial charge in [-0.15, -0.1) is 0 Å². The molecule has 0 fully saturated rings. The van der Waals surface area contributed by atoms with Gasteiger partial charge in [0.05, 0.1) is 67.2 Å². The molecule has 76 heavy (non-hydrogen) atoms. The van der Waals surface area contributed by atoms with E-state index in [0.29, 0.717) is 0 Å². The number of fused-ring (bicyclic) bond motifs is 17. The van der Waals surface area contributed by atoms with Crippen molar-refractivity contribution >= 4 is 145 Å². The van der Waals surface area contributed by atoms with E-state index in [1.54, 1.807) is 0 Å². The zero-order valence-electron chi connectivity index (χ0n) is 40.6. The van der Waals surface area contributed by atoms with E-state index in [9.17, 15) is 0 Å². The molecule has 6 nitrogen and oxygen atoms in total.